The van der Waals surface area contributed by atoms with Crippen molar-refractivity contribution in [1.29, 1.82) is 0 Å². The SMILES string of the molecule is CC(C)c1cccc2sc(NC(=O)c3cccc(N4C(=O)CCC4=O)c3)nc12. The molecule has 1 N–H and O–H groups in total. The highest BCUT2D eigenvalue weighted by Gasteiger charge is 2.30. The van der Waals surface area contributed by atoms with E-state index in [0.717, 1.165) is 20.7 Å². The zero-order chi connectivity index (χ0) is 19.8. The van der Waals surface area contributed by atoms with Crippen molar-refractivity contribution in [3.63, 3.8) is 0 Å². The number of fused-ring (bicyclic) bond motifs is 1. The maximum atomic E-state index is 12.7. The van der Waals surface area contributed by atoms with E-state index in [2.05, 4.69) is 24.1 Å². The molecule has 0 radical (unpaired) electrons. The molecule has 7 heteroatoms. The Balaban J connectivity index is 1.60. The van der Waals surface area contributed by atoms with Gasteiger partial charge in [0, 0.05) is 18.4 Å². The number of rotatable bonds is 4. The number of carbonyl (C=O) groups is 3. The number of nitrogens with zero attached hydrogens (tertiary/aromatic N) is 2. The molecular formula is C21H19N3O3S. The fourth-order valence-corrected chi connectivity index (χ4v) is 4.20. The molecular weight excluding hydrogens is 374 g/mol. The van der Waals surface area contributed by atoms with Crippen molar-refractivity contribution in [3.05, 3.63) is 53.6 Å². The van der Waals surface area contributed by atoms with E-state index in [1.54, 1.807) is 24.3 Å². The number of thiazole rings is 1. The summed E-state index contributed by atoms with van der Waals surface area (Å²) in [6.07, 6.45) is 0.415. The van der Waals surface area contributed by atoms with E-state index in [0.29, 0.717) is 22.3 Å². The van der Waals surface area contributed by atoms with Crippen LogP contribution in [0.25, 0.3) is 10.2 Å². The van der Waals surface area contributed by atoms with Gasteiger partial charge in [-0.25, -0.2) is 4.98 Å². The summed E-state index contributed by atoms with van der Waals surface area (Å²) in [5.41, 5.74) is 2.84. The number of nitrogens with one attached hydrogen (secondary N) is 1. The molecule has 142 valence electrons. The monoisotopic (exact) mass is 393 g/mol. The van der Waals surface area contributed by atoms with Crippen LogP contribution in [0.4, 0.5) is 10.8 Å². The summed E-state index contributed by atoms with van der Waals surface area (Å²) in [4.78, 5) is 42.3. The predicted molar refractivity (Wildman–Crippen MR) is 110 cm³/mol. The number of para-hydroxylation sites is 1. The van der Waals surface area contributed by atoms with E-state index >= 15 is 0 Å². The highest BCUT2D eigenvalue weighted by molar-refractivity contribution is 7.22. The fraction of sp³-hybridized carbons (Fsp3) is 0.238. The van der Waals surface area contributed by atoms with E-state index < -0.39 is 0 Å². The van der Waals surface area contributed by atoms with Crippen LogP contribution in [0, 0.1) is 0 Å². The Morgan fingerprint density at radius 2 is 1.82 bits per heavy atom. The van der Waals surface area contributed by atoms with Crippen molar-refractivity contribution in [2.45, 2.75) is 32.6 Å². The number of benzene rings is 2. The van der Waals surface area contributed by atoms with Crippen LogP contribution >= 0.6 is 11.3 Å². The van der Waals surface area contributed by atoms with Gasteiger partial charge in [0.1, 0.15) is 0 Å². The van der Waals surface area contributed by atoms with Gasteiger partial charge in [0.25, 0.3) is 5.91 Å². The molecule has 1 aromatic heterocycles. The molecule has 0 spiro atoms. The smallest absolute Gasteiger partial charge is 0.257 e. The fourth-order valence-electron chi connectivity index (χ4n) is 3.31. The van der Waals surface area contributed by atoms with Crippen LogP contribution < -0.4 is 10.2 Å². The summed E-state index contributed by atoms with van der Waals surface area (Å²) >= 11 is 1.42. The van der Waals surface area contributed by atoms with Gasteiger partial charge in [0.15, 0.2) is 5.13 Å². The van der Waals surface area contributed by atoms with Gasteiger partial charge in [0.2, 0.25) is 11.8 Å². The van der Waals surface area contributed by atoms with Crippen LogP contribution in [-0.2, 0) is 9.59 Å². The third kappa shape index (κ3) is 3.29. The number of anilines is 2. The topological polar surface area (TPSA) is 79.4 Å². The van der Waals surface area contributed by atoms with E-state index in [-0.39, 0.29) is 30.6 Å². The maximum absolute atomic E-state index is 12.7. The molecule has 0 saturated carbocycles. The lowest BCUT2D eigenvalue weighted by molar-refractivity contribution is -0.121. The van der Waals surface area contributed by atoms with E-state index in [1.807, 2.05) is 18.2 Å². The molecule has 0 atom stereocenters. The lowest BCUT2D eigenvalue weighted by Crippen LogP contribution is -2.28. The third-order valence-corrected chi connectivity index (χ3v) is 5.65. The average molecular weight is 393 g/mol. The first-order valence-electron chi connectivity index (χ1n) is 9.10. The summed E-state index contributed by atoms with van der Waals surface area (Å²) in [6.45, 7) is 4.22. The number of aromatic nitrogens is 1. The Bertz CT molecular complexity index is 1090. The summed E-state index contributed by atoms with van der Waals surface area (Å²) in [7, 11) is 0. The van der Waals surface area contributed by atoms with Gasteiger partial charge in [-0.3, -0.25) is 24.6 Å². The molecule has 2 heterocycles. The first-order chi connectivity index (χ1) is 13.4. The van der Waals surface area contributed by atoms with Gasteiger partial charge in [-0.1, -0.05) is 43.4 Å². The zero-order valence-corrected chi connectivity index (χ0v) is 16.4. The molecule has 3 amide bonds. The molecule has 1 saturated heterocycles. The van der Waals surface area contributed by atoms with Gasteiger partial charge in [0.05, 0.1) is 15.9 Å². The van der Waals surface area contributed by atoms with Crippen LogP contribution in [0.15, 0.2) is 42.5 Å². The van der Waals surface area contributed by atoms with Crippen molar-refractivity contribution in [2.75, 3.05) is 10.2 Å². The second-order valence-electron chi connectivity index (χ2n) is 7.00. The average Bonchev–Trinajstić information content (AvgIpc) is 3.23. The number of amides is 3. The van der Waals surface area contributed by atoms with Crippen molar-refractivity contribution in [1.82, 2.24) is 4.98 Å². The molecule has 6 nitrogen and oxygen atoms in total. The number of hydrogen-bond acceptors (Lipinski definition) is 5. The lowest BCUT2D eigenvalue weighted by Gasteiger charge is -2.14. The summed E-state index contributed by atoms with van der Waals surface area (Å²) in [6, 6.07) is 12.6. The second-order valence-corrected chi connectivity index (χ2v) is 8.03. The van der Waals surface area contributed by atoms with Crippen molar-refractivity contribution in [3.8, 4) is 0 Å². The Kier molecular flexibility index (Phi) is 4.68. The number of carbonyl (C=O) groups excluding carboxylic acids is 3. The minimum absolute atomic E-state index is 0.207. The summed E-state index contributed by atoms with van der Waals surface area (Å²) in [5, 5.41) is 3.35. The van der Waals surface area contributed by atoms with Crippen molar-refractivity contribution < 1.29 is 14.4 Å². The minimum atomic E-state index is -0.328. The molecule has 1 aliphatic rings. The van der Waals surface area contributed by atoms with Gasteiger partial charge < -0.3 is 0 Å². The van der Waals surface area contributed by atoms with Gasteiger partial charge >= 0.3 is 0 Å². The Hall–Kier alpha value is -3.06. The van der Waals surface area contributed by atoms with E-state index in [9.17, 15) is 14.4 Å². The Morgan fingerprint density at radius 1 is 1.11 bits per heavy atom. The highest BCUT2D eigenvalue weighted by atomic mass is 32.1. The molecule has 28 heavy (non-hydrogen) atoms. The first-order valence-corrected chi connectivity index (χ1v) is 9.92. The standard InChI is InChI=1S/C21H19N3O3S/c1-12(2)15-7-4-8-16-19(15)22-21(28-16)23-20(27)13-5-3-6-14(11-13)24-17(25)9-10-18(24)26/h3-8,11-12H,9-10H2,1-2H3,(H,22,23,27). The molecule has 1 fully saturated rings. The summed E-state index contributed by atoms with van der Waals surface area (Å²) < 4.78 is 1.02. The Labute approximate surface area is 166 Å². The molecule has 0 unspecified atom stereocenters. The number of hydrogen-bond donors (Lipinski definition) is 1. The van der Waals surface area contributed by atoms with Gasteiger partial charge in [-0.2, -0.15) is 0 Å². The lowest BCUT2D eigenvalue weighted by atomic mass is 10.0. The molecule has 0 aliphatic carbocycles. The quantitative estimate of drug-likeness (QED) is 0.669. The van der Waals surface area contributed by atoms with Crippen LogP contribution in [0.2, 0.25) is 0 Å². The van der Waals surface area contributed by atoms with Gasteiger partial charge in [-0.05, 0) is 35.7 Å². The third-order valence-electron chi connectivity index (χ3n) is 4.71. The van der Waals surface area contributed by atoms with E-state index in [1.165, 1.54) is 11.3 Å². The molecule has 0 bridgehead atoms. The molecule has 3 aromatic rings. The molecule has 1 aliphatic heterocycles. The van der Waals surface area contributed by atoms with Gasteiger partial charge in [-0.15, -0.1) is 0 Å². The maximum Gasteiger partial charge on any atom is 0.257 e. The largest absolute Gasteiger partial charge is 0.298 e. The predicted octanol–water partition coefficient (Wildman–Crippen LogP) is 4.33. The minimum Gasteiger partial charge on any atom is -0.298 e. The second kappa shape index (κ2) is 7.16. The normalized spacial score (nSPS) is 14.3. The van der Waals surface area contributed by atoms with Crippen molar-refractivity contribution >= 4 is 50.1 Å². The van der Waals surface area contributed by atoms with Crippen LogP contribution in [-0.4, -0.2) is 22.7 Å². The Morgan fingerprint density at radius 3 is 2.54 bits per heavy atom. The molecule has 4 rings (SSSR count). The van der Waals surface area contributed by atoms with Crippen LogP contribution in [0.1, 0.15) is 48.5 Å². The van der Waals surface area contributed by atoms with Crippen LogP contribution in [0.5, 0.6) is 0 Å². The highest BCUT2D eigenvalue weighted by Crippen LogP contribution is 2.32. The number of imide groups is 1. The van der Waals surface area contributed by atoms with E-state index in [4.69, 9.17) is 0 Å². The van der Waals surface area contributed by atoms with Crippen LogP contribution in [0.3, 0.4) is 0 Å². The zero-order valence-electron chi connectivity index (χ0n) is 15.6. The summed E-state index contributed by atoms with van der Waals surface area (Å²) in [5.74, 6) is -0.474. The first kappa shape index (κ1) is 18.3. The molecule has 2 aromatic carbocycles. The van der Waals surface area contributed by atoms with Crippen molar-refractivity contribution in [2.24, 2.45) is 0 Å².